The van der Waals surface area contributed by atoms with Gasteiger partial charge in [0.25, 0.3) is 0 Å². The highest BCUT2D eigenvalue weighted by atomic mass is 32.1. The smallest absolute Gasteiger partial charge is 0.233 e. The third kappa shape index (κ3) is 2.22. The number of hydrogen-bond donors (Lipinski definition) is 2. The molecule has 0 bridgehead atoms. The van der Waals surface area contributed by atoms with E-state index in [1.54, 1.807) is 6.33 Å². The van der Waals surface area contributed by atoms with Crippen molar-refractivity contribution in [1.29, 1.82) is 0 Å². The molecule has 1 amide bonds. The molecule has 0 saturated heterocycles. The van der Waals surface area contributed by atoms with Gasteiger partial charge in [0.05, 0.1) is 10.4 Å². The molecule has 1 aliphatic rings. The Morgan fingerprint density at radius 1 is 1.67 bits per heavy atom. The maximum Gasteiger partial charge on any atom is 0.233 e. The lowest BCUT2D eigenvalue weighted by atomic mass is 9.68. The van der Waals surface area contributed by atoms with Crippen LogP contribution in [0.2, 0.25) is 0 Å². The maximum atomic E-state index is 12.1. The summed E-state index contributed by atoms with van der Waals surface area (Å²) in [6, 6.07) is 0. The van der Waals surface area contributed by atoms with Gasteiger partial charge < -0.3 is 15.6 Å². The van der Waals surface area contributed by atoms with Crippen molar-refractivity contribution in [3.8, 4) is 0 Å². The Balaban J connectivity index is 1.85. The van der Waals surface area contributed by atoms with Crippen LogP contribution in [0.4, 0.5) is 0 Å². The predicted molar refractivity (Wildman–Crippen MR) is 70.8 cm³/mol. The van der Waals surface area contributed by atoms with Crippen molar-refractivity contribution < 1.29 is 4.79 Å². The van der Waals surface area contributed by atoms with E-state index in [1.807, 2.05) is 11.6 Å². The Labute approximate surface area is 111 Å². The fourth-order valence-electron chi connectivity index (χ4n) is 2.11. The molecule has 1 aromatic heterocycles. The van der Waals surface area contributed by atoms with Crippen molar-refractivity contribution in [2.45, 2.75) is 25.7 Å². The monoisotopic (exact) mass is 267 g/mol. The summed E-state index contributed by atoms with van der Waals surface area (Å²) in [5.74, 6) is 0.789. The van der Waals surface area contributed by atoms with Crippen molar-refractivity contribution in [1.82, 2.24) is 20.1 Å². The molecule has 0 aromatic carbocycles. The molecular weight excluding hydrogens is 250 g/mol. The number of aromatic nitrogens is 3. The summed E-state index contributed by atoms with van der Waals surface area (Å²) in [7, 11) is 1.87. The van der Waals surface area contributed by atoms with Crippen LogP contribution in [0, 0.1) is 5.41 Å². The zero-order valence-corrected chi connectivity index (χ0v) is 11.2. The minimum atomic E-state index is -0.602. The fourth-order valence-corrected chi connectivity index (χ4v) is 2.40. The van der Waals surface area contributed by atoms with Gasteiger partial charge in [0.15, 0.2) is 0 Å². The topological polar surface area (TPSA) is 85.8 Å². The van der Waals surface area contributed by atoms with Gasteiger partial charge in [-0.3, -0.25) is 4.79 Å². The number of rotatable bonds is 5. The van der Waals surface area contributed by atoms with Crippen LogP contribution in [-0.2, 0) is 18.3 Å². The molecule has 1 fully saturated rings. The standard InChI is InChI=1S/C11H17N5OS/c1-16-7-14-15-8(16)3-6-13-10(17)11(9(12)18)4-2-5-11/h7H,2-6H2,1H3,(H2,12,18)(H,13,17). The van der Waals surface area contributed by atoms with Gasteiger partial charge >= 0.3 is 0 Å². The van der Waals surface area contributed by atoms with Gasteiger partial charge in [0.1, 0.15) is 12.2 Å². The quantitative estimate of drug-likeness (QED) is 0.729. The van der Waals surface area contributed by atoms with Crippen molar-refractivity contribution in [2.24, 2.45) is 18.2 Å². The highest BCUT2D eigenvalue weighted by Gasteiger charge is 2.46. The van der Waals surface area contributed by atoms with Crippen LogP contribution in [0.3, 0.4) is 0 Å². The van der Waals surface area contributed by atoms with E-state index < -0.39 is 5.41 Å². The zero-order valence-electron chi connectivity index (χ0n) is 10.3. The van der Waals surface area contributed by atoms with Crippen LogP contribution in [0.1, 0.15) is 25.1 Å². The second kappa shape index (κ2) is 5.01. The average Bonchev–Trinajstić information content (AvgIpc) is 2.62. The van der Waals surface area contributed by atoms with Crippen LogP contribution < -0.4 is 11.1 Å². The number of thiocarbonyl (C=S) groups is 1. The van der Waals surface area contributed by atoms with Crippen molar-refractivity contribution in [2.75, 3.05) is 6.54 Å². The second-order valence-electron chi connectivity index (χ2n) is 4.66. The Kier molecular flexibility index (Phi) is 3.60. The first-order valence-electron chi connectivity index (χ1n) is 5.97. The van der Waals surface area contributed by atoms with Crippen LogP contribution >= 0.6 is 12.2 Å². The van der Waals surface area contributed by atoms with Gasteiger partial charge in [0, 0.05) is 20.0 Å². The largest absolute Gasteiger partial charge is 0.392 e. The SMILES string of the molecule is Cn1cnnc1CCNC(=O)C1(C(N)=S)CCC1. The summed E-state index contributed by atoms with van der Waals surface area (Å²) in [6.45, 7) is 0.524. The minimum absolute atomic E-state index is 0.0524. The molecule has 0 aliphatic heterocycles. The highest BCUT2D eigenvalue weighted by molar-refractivity contribution is 7.80. The number of amides is 1. The first-order chi connectivity index (χ1) is 8.56. The van der Waals surface area contributed by atoms with E-state index in [-0.39, 0.29) is 5.91 Å². The van der Waals surface area contributed by atoms with Crippen molar-refractivity contribution in [3.05, 3.63) is 12.2 Å². The van der Waals surface area contributed by atoms with Crippen LogP contribution in [0.15, 0.2) is 6.33 Å². The van der Waals surface area contributed by atoms with E-state index in [2.05, 4.69) is 15.5 Å². The number of hydrogen-bond acceptors (Lipinski definition) is 4. The number of aryl methyl sites for hydroxylation is 1. The summed E-state index contributed by atoms with van der Waals surface area (Å²) >= 11 is 5.00. The molecule has 1 saturated carbocycles. The molecule has 98 valence electrons. The third-order valence-corrected chi connectivity index (χ3v) is 3.94. The molecule has 18 heavy (non-hydrogen) atoms. The Morgan fingerprint density at radius 2 is 2.39 bits per heavy atom. The molecule has 1 aliphatic carbocycles. The molecule has 0 spiro atoms. The molecule has 1 aromatic rings. The van der Waals surface area contributed by atoms with Crippen molar-refractivity contribution >= 4 is 23.1 Å². The van der Waals surface area contributed by atoms with E-state index in [1.165, 1.54) is 0 Å². The van der Waals surface area contributed by atoms with Crippen molar-refractivity contribution in [3.63, 3.8) is 0 Å². The van der Waals surface area contributed by atoms with Gasteiger partial charge in [-0.2, -0.15) is 0 Å². The molecule has 3 N–H and O–H groups in total. The Morgan fingerprint density at radius 3 is 2.83 bits per heavy atom. The normalized spacial score (nSPS) is 16.9. The highest BCUT2D eigenvalue weighted by Crippen LogP contribution is 2.41. The van der Waals surface area contributed by atoms with Gasteiger partial charge in [-0.15, -0.1) is 10.2 Å². The summed E-state index contributed by atoms with van der Waals surface area (Å²) < 4.78 is 1.83. The van der Waals surface area contributed by atoms with E-state index in [0.717, 1.165) is 25.1 Å². The number of nitrogens with zero attached hydrogens (tertiary/aromatic N) is 3. The second-order valence-corrected chi connectivity index (χ2v) is 5.10. The van der Waals surface area contributed by atoms with E-state index in [4.69, 9.17) is 18.0 Å². The summed E-state index contributed by atoms with van der Waals surface area (Å²) in [4.78, 5) is 12.4. The zero-order chi connectivity index (χ0) is 13.2. The van der Waals surface area contributed by atoms with Gasteiger partial charge in [-0.25, -0.2) is 0 Å². The summed E-state index contributed by atoms with van der Waals surface area (Å²) in [6.07, 6.45) is 4.82. The first-order valence-corrected chi connectivity index (χ1v) is 6.38. The lowest BCUT2D eigenvalue weighted by Crippen LogP contribution is -2.53. The number of nitrogens with one attached hydrogen (secondary N) is 1. The molecule has 2 rings (SSSR count). The Bertz CT molecular complexity index is 466. The average molecular weight is 267 g/mol. The lowest BCUT2D eigenvalue weighted by Gasteiger charge is -2.39. The van der Waals surface area contributed by atoms with E-state index in [0.29, 0.717) is 18.0 Å². The minimum Gasteiger partial charge on any atom is -0.392 e. The van der Waals surface area contributed by atoms with Crippen LogP contribution in [0.5, 0.6) is 0 Å². The summed E-state index contributed by atoms with van der Waals surface area (Å²) in [5, 5.41) is 10.6. The Hall–Kier alpha value is -1.50. The first kappa shape index (κ1) is 12.9. The summed E-state index contributed by atoms with van der Waals surface area (Å²) in [5.41, 5.74) is 5.07. The predicted octanol–water partition coefficient (Wildman–Crippen LogP) is -0.0698. The molecule has 6 nitrogen and oxygen atoms in total. The molecule has 0 atom stereocenters. The molecule has 1 heterocycles. The molecule has 7 heteroatoms. The van der Waals surface area contributed by atoms with E-state index in [9.17, 15) is 4.79 Å². The fraction of sp³-hybridized carbons (Fsp3) is 0.636. The molecule has 0 unspecified atom stereocenters. The van der Waals surface area contributed by atoms with Gasteiger partial charge in [-0.1, -0.05) is 18.6 Å². The van der Waals surface area contributed by atoms with Gasteiger partial charge in [-0.05, 0) is 12.8 Å². The maximum absolute atomic E-state index is 12.1. The van der Waals surface area contributed by atoms with Gasteiger partial charge in [0.2, 0.25) is 5.91 Å². The van der Waals surface area contributed by atoms with Crippen LogP contribution in [-0.4, -0.2) is 32.2 Å². The number of nitrogens with two attached hydrogens (primary N) is 1. The third-order valence-electron chi connectivity index (χ3n) is 3.55. The number of carbonyl (C=O) groups is 1. The molecular formula is C11H17N5OS. The number of carbonyl (C=O) groups excluding carboxylic acids is 1. The van der Waals surface area contributed by atoms with E-state index >= 15 is 0 Å². The molecule has 0 radical (unpaired) electrons. The van der Waals surface area contributed by atoms with Crippen LogP contribution in [0.25, 0.3) is 0 Å². The lowest BCUT2D eigenvalue weighted by molar-refractivity contribution is -0.130.